The summed E-state index contributed by atoms with van der Waals surface area (Å²) in [6.07, 6.45) is 2.01. The molecule has 0 unspecified atom stereocenters. The van der Waals surface area contributed by atoms with Crippen LogP contribution in [0.2, 0.25) is 0 Å². The highest BCUT2D eigenvalue weighted by molar-refractivity contribution is 7.91. The normalized spacial score (nSPS) is 20.7. The van der Waals surface area contributed by atoms with Crippen LogP contribution in [0.1, 0.15) is 12.8 Å². The zero-order chi connectivity index (χ0) is 13.3. The van der Waals surface area contributed by atoms with Crippen molar-refractivity contribution in [3.8, 4) is 0 Å². The lowest BCUT2D eigenvalue weighted by atomic mass is 10.0. The van der Waals surface area contributed by atoms with Gasteiger partial charge in [-0.15, -0.1) is 0 Å². The SMILES string of the molecule is O=S(=O)(C[C@H]1CCCNC1)c1nc2ccccc2[nH]1. The number of aromatic amines is 1. The van der Waals surface area contributed by atoms with Crippen molar-refractivity contribution in [2.45, 2.75) is 18.0 Å². The van der Waals surface area contributed by atoms with Crippen LogP contribution in [0.4, 0.5) is 0 Å². The van der Waals surface area contributed by atoms with E-state index in [4.69, 9.17) is 0 Å². The Balaban J connectivity index is 1.86. The number of sulfone groups is 1. The fourth-order valence-corrected chi connectivity index (χ4v) is 4.10. The topological polar surface area (TPSA) is 74.8 Å². The van der Waals surface area contributed by atoms with Crippen LogP contribution in [0.25, 0.3) is 11.0 Å². The summed E-state index contributed by atoms with van der Waals surface area (Å²) >= 11 is 0. The lowest BCUT2D eigenvalue weighted by Crippen LogP contribution is -2.34. The quantitative estimate of drug-likeness (QED) is 0.889. The van der Waals surface area contributed by atoms with Crippen LogP contribution < -0.4 is 5.32 Å². The number of imidazole rings is 1. The third-order valence-electron chi connectivity index (χ3n) is 3.52. The van der Waals surface area contributed by atoms with Gasteiger partial charge in [0.05, 0.1) is 16.8 Å². The van der Waals surface area contributed by atoms with E-state index in [0.717, 1.165) is 31.4 Å². The van der Waals surface area contributed by atoms with Gasteiger partial charge >= 0.3 is 0 Å². The minimum atomic E-state index is -3.33. The molecule has 2 heterocycles. The second-order valence-electron chi connectivity index (χ2n) is 5.05. The Morgan fingerprint density at radius 2 is 2.16 bits per heavy atom. The van der Waals surface area contributed by atoms with Crippen molar-refractivity contribution in [3.05, 3.63) is 24.3 Å². The molecule has 1 aliphatic rings. The minimum Gasteiger partial charge on any atom is -0.329 e. The van der Waals surface area contributed by atoms with Crippen LogP contribution in [0, 0.1) is 5.92 Å². The molecule has 1 fully saturated rings. The molecule has 2 aromatic rings. The number of H-pyrrole nitrogens is 1. The van der Waals surface area contributed by atoms with Gasteiger partial charge in [0, 0.05) is 0 Å². The summed E-state index contributed by atoms with van der Waals surface area (Å²) in [4.78, 5) is 7.09. The van der Waals surface area contributed by atoms with Crippen molar-refractivity contribution in [1.82, 2.24) is 15.3 Å². The predicted molar refractivity (Wildman–Crippen MR) is 73.7 cm³/mol. The summed E-state index contributed by atoms with van der Waals surface area (Å²) in [5.74, 6) is 0.353. The van der Waals surface area contributed by atoms with Gasteiger partial charge in [-0.25, -0.2) is 13.4 Å². The lowest BCUT2D eigenvalue weighted by Gasteiger charge is -2.21. The van der Waals surface area contributed by atoms with E-state index in [9.17, 15) is 8.42 Å². The monoisotopic (exact) mass is 279 g/mol. The maximum atomic E-state index is 12.3. The first kappa shape index (κ1) is 12.6. The van der Waals surface area contributed by atoms with Crippen LogP contribution >= 0.6 is 0 Å². The van der Waals surface area contributed by atoms with E-state index >= 15 is 0 Å². The molecule has 0 aliphatic carbocycles. The molecule has 0 saturated carbocycles. The Kier molecular flexibility index (Phi) is 3.28. The van der Waals surface area contributed by atoms with Gasteiger partial charge in [0.25, 0.3) is 0 Å². The molecule has 0 amide bonds. The average Bonchev–Trinajstić information content (AvgIpc) is 2.84. The Morgan fingerprint density at radius 3 is 2.89 bits per heavy atom. The Bertz CT molecular complexity index is 639. The van der Waals surface area contributed by atoms with Gasteiger partial charge in [-0.2, -0.15) is 0 Å². The Morgan fingerprint density at radius 1 is 1.32 bits per heavy atom. The Hall–Kier alpha value is -1.40. The molecule has 1 atom stereocenters. The van der Waals surface area contributed by atoms with Gasteiger partial charge in [0.15, 0.2) is 0 Å². The summed E-state index contributed by atoms with van der Waals surface area (Å²) in [7, 11) is -3.33. The number of benzene rings is 1. The van der Waals surface area contributed by atoms with Crippen LogP contribution in [0.5, 0.6) is 0 Å². The standard InChI is InChI=1S/C13H17N3O2S/c17-19(18,9-10-4-3-7-14-8-10)13-15-11-5-1-2-6-12(11)16-13/h1-2,5-6,10,14H,3-4,7-9H2,(H,15,16)/t10-/m0/s1. The summed E-state index contributed by atoms with van der Waals surface area (Å²) in [6.45, 7) is 1.76. The Labute approximate surface area is 112 Å². The highest BCUT2D eigenvalue weighted by Crippen LogP contribution is 2.19. The van der Waals surface area contributed by atoms with E-state index in [1.54, 1.807) is 0 Å². The summed E-state index contributed by atoms with van der Waals surface area (Å²) < 4.78 is 24.7. The summed E-state index contributed by atoms with van der Waals surface area (Å²) in [6, 6.07) is 7.36. The maximum absolute atomic E-state index is 12.3. The van der Waals surface area contributed by atoms with Crippen LogP contribution in [0.3, 0.4) is 0 Å². The first-order valence-corrected chi connectivity index (χ1v) is 8.18. The second-order valence-corrected chi connectivity index (χ2v) is 7.00. The number of fused-ring (bicyclic) bond motifs is 1. The fraction of sp³-hybridized carbons (Fsp3) is 0.462. The van der Waals surface area contributed by atoms with Crippen molar-refractivity contribution < 1.29 is 8.42 Å². The number of nitrogens with zero attached hydrogens (tertiary/aromatic N) is 1. The van der Waals surface area contributed by atoms with E-state index in [1.807, 2.05) is 24.3 Å². The summed E-state index contributed by atoms with van der Waals surface area (Å²) in [5.41, 5.74) is 1.46. The third kappa shape index (κ3) is 2.64. The van der Waals surface area contributed by atoms with Crippen molar-refractivity contribution in [2.75, 3.05) is 18.8 Å². The van der Waals surface area contributed by atoms with Gasteiger partial charge < -0.3 is 10.3 Å². The first-order valence-electron chi connectivity index (χ1n) is 6.53. The third-order valence-corrected chi connectivity index (χ3v) is 5.21. The van der Waals surface area contributed by atoms with Gasteiger partial charge in [0.2, 0.25) is 15.0 Å². The number of hydrogen-bond acceptors (Lipinski definition) is 4. The molecule has 1 aromatic heterocycles. The number of rotatable bonds is 3. The molecule has 2 N–H and O–H groups in total. The maximum Gasteiger partial charge on any atom is 0.226 e. The molecular weight excluding hydrogens is 262 g/mol. The van der Waals surface area contributed by atoms with Gasteiger partial charge in [-0.05, 0) is 44.0 Å². The molecule has 5 nitrogen and oxygen atoms in total. The number of nitrogens with one attached hydrogen (secondary N) is 2. The molecule has 1 saturated heterocycles. The first-order chi connectivity index (χ1) is 9.15. The zero-order valence-corrected chi connectivity index (χ0v) is 11.4. The predicted octanol–water partition coefficient (Wildman–Crippen LogP) is 1.34. The minimum absolute atomic E-state index is 0.0965. The van der Waals surface area contributed by atoms with Gasteiger partial charge in [-0.1, -0.05) is 12.1 Å². The molecule has 19 heavy (non-hydrogen) atoms. The molecule has 6 heteroatoms. The van der Waals surface area contributed by atoms with Crippen LogP contribution in [-0.4, -0.2) is 37.2 Å². The molecule has 0 spiro atoms. The molecular formula is C13H17N3O2S. The number of piperidine rings is 1. The van der Waals surface area contributed by atoms with Crippen molar-refractivity contribution >= 4 is 20.9 Å². The van der Waals surface area contributed by atoms with Crippen molar-refractivity contribution in [1.29, 1.82) is 0 Å². The molecule has 3 rings (SSSR count). The number of aromatic nitrogens is 2. The highest BCUT2D eigenvalue weighted by atomic mass is 32.2. The lowest BCUT2D eigenvalue weighted by molar-refractivity contribution is 0.403. The molecule has 0 radical (unpaired) electrons. The van der Waals surface area contributed by atoms with Gasteiger partial charge in [-0.3, -0.25) is 0 Å². The molecule has 1 aliphatic heterocycles. The van der Waals surface area contributed by atoms with Crippen LogP contribution in [-0.2, 0) is 9.84 Å². The van der Waals surface area contributed by atoms with Crippen molar-refractivity contribution in [2.24, 2.45) is 5.92 Å². The zero-order valence-electron chi connectivity index (χ0n) is 10.6. The highest BCUT2D eigenvalue weighted by Gasteiger charge is 2.25. The number of para-hydroxylation sites is 2. The van der Waals surface area contributed by atoms with E-state index in [0.29, 0.717) is 5.52 Å². The number of hydrogen-bond donors (Lipinski definition) is 2. The van der Waals surface area contributed by atoms with E-state index in [2.05, 4.69) is 15.3 Å². The largest absolute Gasteiger partial charge is 0.329 e. The molecule has 1 aromatic carbocycles. The smallest absolute Gasteiger partial charge is 0.226 e. The summed E-state index contributed by atoms with van der Waals surface area (Å²) in [5, 5.41) is 3.34. The molecule has 102 valence electrons. The molecule has 0 bridgehead atoms. The van der Waals surface area contributed by atoms with E-state index in [1.165, 1.54) is 0 Å². The van der Waals surface area contributed by atoms with Crippen molar-refractivity contribution in [3.63, 3.8) is 0 Å². The fourth-order valence-electron chi connectivity index (χ4n) is 2.53. The average molecular weight is 279 g/mol. The van der Waals surface area contributed by atoms with Gasteiger partial charge in [0.1, 0.15) is 0 Å². The van der Waals surface area contributed by atoms with Crippen LogP contribution in [0.15, 0.2) is 29.4 Å². The van der Waals surface area contributed by atoms with E-state index < -0.39 is 9.84 Å². The van der Waals surface area contributed by atoms with E-state index in [-0.39, 0.29) is 16.8 Å². The second kappa shape index (κ2) is 4.94.